The van der Waals surface area contributed by atoms with E-state index < -0.39 is 5.66 Å². The summed E-state index contributed by atoms with van der Waals surface area (Å²) in [4.78, 5) is 22.9. The third kappa shape index (κ3) is 3.38. The second-order valence-electron chi connectivity index (χ2n) is 7.46. The molecule has 0 radical (unpaired) electrons. The molecule has 7 heteroatoms. The molecule has 1 aromatic carbocycles. The van der Waals surface area contributed by atoms with E-state index in [-0.39, 0.29) is 17.8 Å². The lowest BCUT2D eigenvalue weighted by atomic mass is 9.87. The number of aliphatic imine (C=N–C) groups is 2. The Morgan fingerprint density at radius 2 is 1.92 bits per heavy atom. The van der Waals surface area contributed by atoms with E-state index in [2.05, 4.69) is 15.3 Å². The average Bonchev–Trinajstić information content (AvgIpc) is 2.57. The van der Waals surface area contributed by atoms with E-state index in [1.807, 2.05) is 43.9 Å². The second-order valence-corrected chi connectivity index (χ2v) is 7.46. The summed E-state index contributed by atoms with van der Waals surface area (Å²) in [5, 5.41) is 2.96. The number of carbonyl (C=O) groups is 1. The third-order valence-corrected chi connectivity index (χ3v) is 5.10. The second kappa shape index (κ2) is 6.97. The number of amides is 1. The molecule has 1 fully saturated rings. The Labute approximate surface area is 154 Å². The molecule has 0 saturated heterocycles. The summed E-state index contributed by atoms with van der Waals surface area (Å²) in [6.45, 7) is 5.72. The van der Waals surface area contributed by atoms with Gasteiger partial charge in [0, 0.05) is 17.3 Å². The summed E-state index contributed by atoms with van der Waals surface area (Å²) < 4.78 is 0. The van der Waals surface area contributed by atoms with E-state index in [0.29, 0.717) is 5.96 Å². The molecule has 2 aliphatic rings. The van der Waals surface area contributed by atoms with E-state index in [9.17, 15) is 4.79 Å². The summed E-state index contributed by atoms with van der Waals surface area (Å²) in [6.07, 6.45) is 5.16. The number of anilines is 2. The minimum atomic E-state index is -0.455. The zero-order valence-corrected chi connectivity index (χ0v) is 15.7. The average molecular weight is 356 g/mol. The van der Waals surface area contributed by atoms with Gasteiger partial charge in [0.1, 0.15) is 5.66 Å². The molecule has 0 bridgehead atoms. The van der Waals surface area contributed by atoms with Crippen LogP contribution in [-0.4, -0.2) is 23.5 Å². The number of nitrogens with two attached hydrogens (primary N) is 2. The lowest BCUT2D eigenvalue weighted by molar-refractivity contribution is -0.118. The van der Waals surface area contributed by atoms with Gasteiger partial charge in [0.2, 0.25) is 17.8 Å². The van der Waals surface area contributed by atoms with Crippen LogP contribution in [0.15, 0.2) is 28.2 Å². The van der Waals surface area contributed by atoms with Crippen LogP contribution < -0.4 is 21.7 Å². The van der Waals surface area contributed by atoms with Crippen molar-refractivity contribution < 1.29 is 4.79 Å². The number of nitrogens with one attached hydrogen (secondary N) is 1. The molecule has 1 aliphatic heterocycles. The summed E-state index contributed by atoms with van der Waals surface area (Å²) in [5.41, 5.74) is 14.4. The van der Waals surface area contributed by atoms with Crippen molar-refractivity contribution in [2.75, 3.05) is 10.2 Å². The standard InChI is InChI=1S/C19H28N6O/c1-12(2)16(26)22-15-8-7-14(11-13(15)3)25-18(21)23-17(20)24-19(25)9-5-4-6-10-19/h7-8,11-12H,4-6,9-10H2,1-3H3,(H,22,26)(H4,20,21,23,24). The predicted molar refractivity (Wildman–Crippen MR) is 106 cm³/mol. The highest BCUT2D eigenvalue weighted by atomic mass is 16.1. The van der Waals surface area contributed by atoms with Gasteiger partial charge in [-0.1, -0.05) is 20.3 Å². The Kier molecular flexibility index (Phi) is 4.89. The maximum absolute atomic E-state index is 12.0. The largest absolute Gasteiger partial charge is 0.369 e. The van der Waals surface area contributed by atoms with Crippen molar-refractivity contribution in [3.8, 4) is 0 Å². The van der Waals surface area contributed by atoms with Crippen molar-refractivity contribution >= 4 is 29.2 Å². The fraction of sp³-hybridized carbons (Fsp3) is 0.526. The summed E-state index contributed by atoms with van der Waals surface area (Å²) in [7, 11) is 0. The van der Waals surface area contributed by atoms with E-state index in [1.54, 1.807) is 0 Å². The fourth-order valence-corrected chi connectivity index (χ4v) is 3.70. The van der Waals surface area contributed by atoms with Gasteiger partial charge in [0.05, 0.1) is 0 Å². The van der Waals surface area contributed by atoms with Crippen LogP contribution in [0.2, 0.25) is 0 Å². The Balaban J connectivity index is 1.95. The van der Waals surface area contributed by atoms with Gasteiger partial charge < -0.3 is 16.8 Å². The number of hydrogen-bond acceptors (Lipinski definition) is 6. The first kappa shape index (κ1) is 18.2. The highest BCUT2D eigenvalue weighted by molar-refractivity contribution is 6.06. The maximum atomic E-state index is 12.0. The lowest BCUT2D eigenvalue weighted by Crippen LogP contribution is -2.58. The minimum absolute atomic E-state index is 0.000947. The van der Waals surface area contributed by atoms with Crippen molar-refractivity contribution in [3.63, 3.8) is 0 Å². The van der Waals surface area contributed by atoms with Gasteiger partial charge in [0.15, 0.2) is 0 Å². The normalized spacial score (nSPS) is 19.3. The topological polar surface area (TPSA) is 109 Å². The minimum Gasteiger partial charge on any atom is -0.369 e. The smallest absolute Gasteiger partial charge is 0.226 e. The Morgan fingerprint density at radius 1 is 1.23 bits per heavy atom. The van der Waals surface area contributed by atoms with Gasteiger partial charge in [-0.25, -0.2) is 4.99 Å². The summed E-state index contributed by atoms with van der Waals surface area (Å²) in [6, 6.07) is 5.89. The summed E-state index contributed by atoms with van der Waals surface area (Å²) >= 11 is 0. The molecule has 1 amide bonds. The zero-order chi connectivity index (χ0) is 18.9. The van der Waals surface area contributed by atoms with Crippen LogP contribution in [0.4, 0.5) is 11.4 Å². The molecule has 1 spiro atoms. The molecule has 3 rings (SSSR count). The molecule has 0 aromatic heterocycles. The Morgan fingerprint density at radius 3 is 2.54 bits per heavy atom. The van der Waals surface area contributed by atoms with Gasteiger partial charge in [-0.3, -0.25) is 9.69 Å². The number of nitrogens with zero attached hydrogens (tertiary/aromatic N) is 3. The van der Waals surface area contributed by atoms with Crippen molar-refractivity contribution in [2.45, 2.75) is 58.5 Å². The molecule has 0 unspecified atom stereocenters. The van der Waals surface area contributed by atoms with Crippen LogP contribution >= 0.6 is 0 Å². The van der Waals surface area contributed by atoms with E-state index in [1.165, 1.54) is 6.42 Å². The van der Waals surface area contributed by atoms with Gasteiger partial charge in [-0.15, -0.1) is 0 Å². The molecule has 5 N–H and O–H groups in total. The Hall–Kier alpha value is -2.57. The highest BCUT2D eigenvalue weighted by Crippen LogP contribution is 2.40. The lowest BCUT2D eigenvalue weighted by Gasteiger charge is -2.45. The van der Waals surface area contributed by atoms with Crippen molar-refractivity contribution in [2.24, 2.45) is 27.4 Å². The summed E-state index contributed by atoms with van der Waals surface area (Å²) in [5.74, 6) is 0.554. The number of rotatable bonds is 3. The van der Waals surface area contributed by atoms with Crippen LogP contribution in [0.3, 0.4) is 0 Å². The van der Waals surface area contributed by atoms with Crippen molar-refractivity contribution in [3.05, 3.63) is 23.8 Å². The number of guanidine groups is 2. The zero-order valence-electron chi connectivity index (χ0n) is 15.7. The SMILES string of the molecule is Cc1cc(N2C(N)=NC(N)=NC23CCCCC3)ccc1NC(=O)C(C)C. The molecule has 1 aliphatic carbocycles. The number of aryl methyl sites for hydroxylation is 1. The van der Waals surface area contributed by atoms with E-state index in [0.717, 1.165) is 42.6 Å². The van der Waals surface area contributed by atoms with Crippen LogP contribution in [0.25, 0.3) is 0 Å². The van der Waals surface area contributed by atoms with Crippen molar-refractivity contribution in [1.82, 2.24) is 0 Å². The van der Waals surface area contributed by atoms with Crippen LogP contribution in [0.1, 0.15) is 51.5 Å². The molecule has 1 aromatic rings. The quantitative estimate of drug-likeness (QED) is 0.773. The molecular formula is C19H28N6O. The van der Waals surface area contributed by atoms with Crippen LogP contribution in [-0.2, 0) is 4.79 Å². The van der Waals surface area contributed by atoms with Crippen LogP contribution in [0.5, 0.6) is 0 Å². The fourth-order valence-electron chi connectivity index (χ4n) is 3.70. The Bertz CT molecular complexity index is 761. The molecule has 140 valence electrons. The maximum Gasteiger partial charge on any atom is 0.226 e. The predicted octanol–water partition coefficient (Wildman–Crippen LogP) is 2.70. The molecule has 26 heavy (non-hydrogen) atoms. The van der Waals surface area contributed by atoms with Gasteiger partial charge >= 0.3 is 0 Å². The first-order valence-corrected chi connectivity index (χ1v) is 9.24. The number of carbonyl (C=O) groups excluding carboxylic acids is 1. The van der Waals surface area contributed by atoms with Gasteiger partial charge in [-0.05, 0) is 56.4 Å². The molecular weight excluding hydrogens is 328 g/mol. The molecule has 1 saturated carbocycles. The van der Waals surface area contributed by atoms with Gasteiger partial charge in [-0.2, -0.15) is 4.99 Å². The number of hydrogen-bond donors (Lipinski definition) is 3. The van der Waals surface area contributed by atoms with E-state index >= 15 is 0 Å². The molecule has 7 nitrogen and oxygen atoms in total. The van der Waals surface area contributed by atoms with E-state index in [4.69, 9.17) is 11.5 Å². The first-order valence-electron chi connectivity index (χ1n) is 9.24. The molecule has 0 atom stereocenters. The first-order chi connectivity index (χ1) is 12.3. The highest BCUT2D eigenvalue weighted by Gasteiger charge is 2.42. The molecule has 1 heterocycles. The number of benzene rings is 1. The third-order valence-electron chi connectivity index (χ3n) is 5.10. The van der Waals surface area contributed by atoms with Crippen molar-refractivity contribution in [1.29, 1.82) is 0 Å². The van der Waals surface area contributed by atoms with Gasteiger partial charge in [0.25, 0.3) is 0 Å². The monoisotopic (exact) mass is 356 g/mol. The van der Waals surface area contributed by atoms with Crippen LogP contribution in [0, 0.1) is 12.8 Å².